The molecule has 0 spiro atoms. The third-order valence-corrected chi connectivity index (χ3v) is 2.57. The number of anilines is 1. The van der Waals surface area contributed by atoms with Crippen molar-refractivity contribution in [2.24, 2.45) is 5.73 Å². The molecule has 1 fully saturated rings. The molecule has 2 rings (SSSR count). The molecule has 1 aromatic rings. The summed E-state index contributed by atoms with van der Waals surface area (Å²) in [5.74, 6) is 5.98. The van der Waals surface area contributed by atoms with Crippen molar-refractivity contribution in [2.45, 2.75) is 18.9 Å². The van der Waals surface area contributed by atoms with E-state index in [1.54, 1.807) is 18.3 Å². The van der Waals surface area contributed by atoms with Crippen LogP contribution in [0.25, 0.3) is 0 Å². The molecule has 1 aliphatic rings. The van der Waals surface area contributed by atoms with Crippen LogP contribution in [0, 0.1) is 11.8 Å². The molecule has 5 nitrogen and oxygen atoms in total. The molecular formula is C13H15N3O2. The predicted octanol–water partition coefficient (Wildman–Crippen LogP) is 0.509. The summed E-state index contributed by atoms with van der Waals surface area (Å²) in [5, 5.41) is 2.73. The molecule has 0 aromatic carbocycles. The first-order valence-electron chi connectivity index (χ1n) is 5.87. The number of pyridine rings is 1. The van der Waals surface area contributed by atoms with Crippen LogP contribution in [0.4, 0.5) is 5.82 Å². The van der Waals surface area contributed by atoms with Gasteiger partial charge in [-0.2, -0.15) is 0 Å². The van der Waals surface area contributed by atoms with Crippen molar-refractivity contribution < 1.29 is 9.53 Å². The molecule has 0 aliphatic carbocycles. The van der Waals surface area contributed by atoms with Crippen LogP contribution in [0.5, 0.6) is 0 Å². The first-order chi connectivity index (χ1) is 8.79. The van der Waals surface area contributed by atoms with E-state index in [9.17, 15) is 4.79 Å². The van der Waals surface area contributed by atoms with Crippen LogP contribution in [-0.4, -0.2) is 30.1 Å². The van der Waals surface area contributed by atoms with Gasteiger partial charge in [-0.3, -0.25) is 4.79 Å². The zero-order valence-corrected chi connectivity index (χ0v) is 9.98. The van der Waals surface area contributed by atoms with Crippen LogP contribution in [0.1, 0.15) is 18.4 Å². The summed E-state index contributed by atoms with van der Waals surface area (Å²) < 4.78 is 5.30. The quantitative estimate of drug-likeness (QED) is 0.744. The summed E-state index contributed by atoms with van der Waals surface area (Å²) in [6.07, 6.45) is 2.93. The maximum absolute atomic E-state index is 11.8. The Morgan fingerprint density at radius 3 is 3.28 bits per heavy atom. The minimum Gasteiger partial charge on any atom is -0.368 e. The van der Waals surface area contributed by atoms with Gasteiger partial charge < -0.3 is 15.8 Å². The van der Waals surface area contributed by atoms with Gasteiger partial charge in [0.05, 0.1) is 6.54 Å². The number of rotatable bonds is 2. The highest BCUT2D eigenvalue weighted by Gasteiger charge is 2.23. The summed E-state index contributed by atoms with van der Waals surface area (Å²) in [6, 6.07) is 3.49. The van der Waals surface area contributed by atoms with E-state index in [4.69, 9.17) is 10.5 Å². The smallest absolute Gasteiger partial charge is 0.254 e. The largest absolute Gasteiger partial charge is 0.368 e. The van der Waals surface area contributed by atoms with Gasteiger partial charge in [-0.05, 0) is 25.0 Å². The maximum Gasteiger partial charge on any atom is 0.254 e. The fourth-order valence-electron chi connectivity index (χ4n) is 1.72. The molecule has 0 radical (unpaired) electrons. The number of nitrogens with two attached hydrogens (primary N) is 1. The average molecular weight is 245 g/mol. The van der Waals surface area contributed by atoms with Gasteiger partial charge in [0.25, 0.3) is 5.91 Å². The number of hydrogen-bond donors (Lipinski definition) is 2. The SMILES string of the molecule is NCC#Cc1ccnc(NC(=O)C2CCCO2)c1. The van der Waals surface area contributed by atoms with Crippen molar-refractivity contribution in [3.8, 4) is 11.8 Å². The van der Waals surface area contributed by atoms with E-state index in [1.165, 1.54) is 0 Å². The minimum absolute atomic E-state index is 0.149. The van der Waals surface area contributed by atoms with E-state index < -0.39 is 0 Å². The molecule has 1 aromatic heterocycles. The second-order valence-electron chi connectivity index (χ2n) is 3.93. The molecule has 18 heavy (non-hydrogen) atoms. The number of carbonyl (C=O) groups is 1. The fourth-order valence-corrected chi connectivity index (χ4v) is 1.72. The number of ether oxygens (including phenoxy) is 1. The second kappa shape index (κ2) is 6.15. The summed E-state index contributed by atoms with van der Waals surface area (Å²) in [4.78, 5) is 15.9. The highest BCUT2D eigenvalue weighted by atomic mass is 16.5. The van der Waals surface area contributed by atoms with Gasteiger partial charge in [-0.25, -0.2) is 4.98 Å². The number of amides is 1. The van der Waals surface area contributed by atoms with Crippen molar-refractivity contribution >= 4 is 11.7 Å². The van der Waals surface area contributed by atoms with Gasteiger partial charge in [-0.15, -0.1) is 0 Å². The summed E-state index contributed by atoms with van der Waals surface area (Å²) in [6.45, 7) is 0.952. The van der Waals surface area contributed by atoms with Crippen LogP contribution in [0.15, 0.2) is 18.3 Å². The van der Waals surface area contributed by atoms with Crippen molar-refractivity contribution in [3.63, 3.8) is 0 Å². The van der Waals surface area contributed by atoms with E-state index in [0.29, 0.717) is 19.0 Å². The molecule has 94 valence electrons. The number of carbonyl (C=O) groups excluding carboxylic acids is 1. The Kier molecular flexibility index (Phi) is 4.29. The number of hydrogen-bond acceptors (Lipinski definition) is 4. The van der Waals surface area contributed by atoms with Gasteiger partial charge in [0.15, 0.2) is 0 Å². The first kappa shape index (κ1) is 12.6. The van der Waals surface area contributed by atoms with E-state index in [-0.39, 0.29) is 12.0 Å². The average Bonchev–Trinajstić information content (AvgIpc) is 2.91. The maximum atomic E-state index is 11.8. The lowest BCUT2D eigenvalue weighted by Crippen LogP contribution is -2.27. The van der Waals surface area contributed by atoms with Crippen LogP contribution in [0.2, 0.25) is 0 Å². The summed E-state index contributed by atoms with van der Waals surface area (Å²) >= 11 is 0. The number of aromatic nitrogens is 1. The van der Waals surface area contributed by atoms with Gasteiger partial charge in [-0.1, -0.05) is 11.8 Å². The Hall–Kier alpha value is -1.90. The van der Waals surface area contributed by atoms with E-state index in [2.05, 4.69) is 22.1 Å². The third kappa shape index (κ3) is 3.29. The summed E-state index contributed by atoms with van der Waals surface area (Å²) in [5.41, 5.74) is 6.08. The Balaban J connectivity index is 2.02. The number of nitrogens with zero attached hydrogens (tertiary/aromatic N) is 1. The molecular weight excluding hydrogens is 230 g/mol. The molecule has 2 heterocycles. The molecule has 1 atom stereocenters. The number of nitrogens with one attached hydrogen (secondary N) is 1. The lowest BCUT2D eigenvalue weighted by atomic mass is 10.2. The topological polar surface area (TPSA) is 77.2 Å². The molecule has 0 saturated carbocycles. The van der Waals surface area contributed by atoms with Crippen molar-refractivity contribution in [3.05, 3.63) is 23.9 Å². The highest BCUT2D eigenvalue weighted by Crippen LogP contribution is 2.14. The molecule has 1 saturated heterocycles. The molecule has 1 amide bonds. The predicted molar refractivity (Wildman–Crippen MR) is 67.8 cm³/mol. The van der Waals surface area contributed by atoms with E-state index in [0.717, 1.165) is 18.4 Å². The zero-order chi connectivity index (χ0) is 12.8. The van der Waals surface area contributed by atoms with Crippen LogP contribution >= 0.6 is 0 Å². The summed E-state index contributed by atoms with van der Waals surface area (Å²) in [7, 11) is 0. The normalized spacial score (nSPS) is 17.9. The monoisotopic (exact) mass is 245 g/mol. The Labute approximate surface area is 106 Å². The van der Waals surface area contributed by atoms with E-state index in [1.807, 2.05) is 0 Å². The van der Waals surface area contributed by atoms with Crippen LogP contribution in [0.3, 0.4) is 0 Å². The standard InChI is InChI=1S/C13H15N3O2/c14-6-1-3-10-5-7-15-12(9-10)16-13(17)11-4-2-8-18-11/h5,7,9,11H,2,4,6,8,14H2,(H,15,16,17). The van der Waals surface area contributed by atoms with E-state index >= 15 is 0 Å². The van der Waals surface area contributed by atoms with Gasteiger partial charge in [0, 0.05) is 18.4 Å². The Morgan fingerprint density at radius 1 is 1.67 bits per heavy atom. The van der Waals surface area contributed by atoms with Crippen molar-refractivity contribution in [2.75, 3.05) is 18.5 Å². The lowest BCUT2D eigenvalue weighted by Gasteiger charge is -2.09. The third-order valence-electron chi connectivity index (χ3n) is 2.57. The Morgan fingerprint density at radius 2 is 2.56 bits per heavy atom. The van der Waals surface area contributed by atoms with Crippen LogP contribution in [-0.2, 0) is 9.53 Å². The molecule has 1 aliphatic heterocycles. The fraction of sp³-hybridized carbons (Fsp3) is 0.385. The van der Waals surface area contributed by atoms with Crippen molar-refractivity contribution in [1.82, 2.24) is 4.98 Å². The zero-order valence-electron chi connectivity index (χ0n) is 9.98. The van der Waals surface area contributed by atoms with Gasteiger partial charge >= 0.3 is 0 Å². The lowest BCUT2D eigenvalue weighted by molar-refractivity contribution is -0.124. The van der Waals surface area contributed by atoms with Crippen LogP contribution < -0.4 is 11.1 Å². The molecule has 5 heteroatoms. The highest BCUT2D eigenvalue weighted by molar-refractivity contribution is 5.93. The van der Waals surface area contributed by atoms with Crippen molar-refractivity contribution in [1.29, 1.82) is 0 Å². The second-order valence-corrected chi connectivity index (χ2v) is 3.93. The minimum atomic E-state index is -0.356. The van der Waals surface area contributed by atoms with Gasteiger partial charge in [0.1, 0.15) is 11.9 Å². The van der Waals surface area contributed by atoms with Gasteiger partial charge in [0.2, 0.25) is 0 Å². The first-order valence-corrected chi connectivity index (χ1v) is 5.87. The molecule has 0 bridgehead atoms. The Bertz CT molecular complexity index is 484. The molecule has 3 N–H and O–H groups in total. The molecule has 1 unspecified atom stereocenters.